The summed E-state index contributed by atoms with van der Waals surface area (Å²) in [5.74, 6) is -3.07. The molecule has 7 nitrogen and oxygen atoms in total. The number of ether oxygens (including phenoxy) is 1. The van der Waals surface area contributed by atoms with Crippen molar-refractivity contribution in [3.05, 3.63) is 12.2 Å². The number of carbonyl (C=O) groups excluding carboxylic acids is 2. The highest BCUT2D eigenvalue weighted by molar-refractivity contribution is 5.87. The van der Waals surface area contributed by atoms with Crippen molar-refractivity contribution in [1.82, 2.24) is 10.9 Å². The van der Waals surface area contributed by atoms with Crippen LogP contribution < -0.4 is 10.9 Å². The third-order valence-corrected chi connectivity index (χ3v) is 3.73. The molecule has 1 saturated carbocycles. The normalized spacial score (nSPS) is 30.0. The number of fused-ring (bicyclic) bond motifs is 2. The number of carbonyl (C=O) groups is 3. The Morgan fingerprint density at radius 3 is 2.19 bits per heavy atom. The number of rotatable bonds is 2. The molecule has 21 heavy (non-hydrogen) atoms. The molecule has 1 fully saturated rings. The number of amides is 2. The average molecular weight is 296 g/mol. The van der Waals surface area contributed by atoms with Crippen LogP contribution in [0, 0.1) is 23.7 Å². The van der Waals surface area contributed by atoms with E-state index >= 15 is 0 Å². The lowest BCUT2D eigenvalue weighted by Gasteiger charge is -2.24. The Kier molecular flexibility index (Phi) is 3.93. The third-order valence-electron chi connectivity index (χ3n) is 3.73. The summed E-state index contributed by atoms with van der Waals surface area (Å²) >= 11 is 0. The molecule has 0 radical (unpaired) electrons. The van der Waals surface area contributed by atoms with Crippen molar-refractivity contribution < 1.29 is 24.2 Å². The second kappa shape index (κ2) is 5.38. The largest absolute Gasteiger partial charge is 0.481 e. The molecular formula is C14H20N2O5. The molecule has 2 bridgehead atoms. The van der Waals surface area contributed by atoms with Gasteiger partial charge >= 0.3 is 12.1 Å². The molecule has 2 aliphatic carbocycles. The van der Waals surface area contributed by atoms with Crippen LogP contribution in [0.3, 0.4) is 0 Å². The minimum Gasteiger partial charge on any atom is -0.481 e. The molecule has 3 N–H and O–H groups in total. The smallest absolute Gasteiger partial charge is 0.426 e. The Morgan fingerprint density at radius 2 is 1.67 bits per heavy atom. The maximum absolute atomic E-state index is 12.1. The zero-order valence-electron chi connectivity index (χ0n) is 12.3. The van der Waals surface area contributed by atoms with Gasteiger partial charge < -0.3 is 9.84 Å². The van der Waals surface area contributed by atoms with E-state index in [2.05, 4.69) is 10.9 Å². The van der Waals surface area contributed by atoms with Crippen molar-refractivity contribution in [2.24, 2.45) is 23.7 Å². The molecule has 0 aromatic rings. The zero-order chi connectivity index (χ0) is 15.8. The third kappa shape index (κ3) is 3.34. The molecule has 116 valence electrons. The number of carboxylic acid groups (broad SMARTS) is 1. The summed E-state index contributed by atoms with van der Waals surface area (Å²) in [6.45, 7) is 5.11. The predicted octanol–water partition coefficient (Wildman–Crippen LogP) is 1.07. The van der Waals surface area contributed by atoms with Crippen molar-refractivity contribution in [2.45, 2.75) is 32.8 Å². The number of allylic oxidation sites excluding steroid dienone is 2. The quantitative estimate of drug-likeness (QED) is 0.522. The Hall–Kier alpha value is -2.05. The van der Waals surface area contributed by atoms with Gasteiger partial charge in [0.2, 0.25) is 5.91 Å². The van der Waals surface area contributed by atoms with Gasteiger partial charge in [-0.25, -0.2) is 10.2 Å². The van der Waals surface area contributed by atoms with Crippen LogP contribution in [0.5, 0.6) is 0 Å². The molecule has 2 aliphatic rings. The Morgan fingerprint density at radius 1 is 1.10 bits per heavy atom. The van der Waals surface area contributed by atoms with Crippen LogP contribution in [-0.4, -0.2) is 28.7 Å². The first-order chi connectivity index (χ1) is 9.69. The number of hydrogen-bond acceptors (Lipinski definition) is 4. The first-order valence-corrected chi connectivity index (χ1v) is 6.89. The molecule has 0 spiro atoms. The molecule has 0 saturated heterocycles. The fourth-order valence-corrected chi connectivity index (χ4v) is 3.02. The molecule has 4 atom stereocenters. The van der Waals surface area contributed by atoms with E-state index in [1.807, 2.05) is 12.2 Å². The average Bonchev–Trinajstić information content (AvgIpc) is 2.93. The second-order valence-electron chi connectivity index (χ2n) is 6.45. The van der Waals surface area contributed by atoms with Gasteiger partial charge in [0.1, 0.15) is 5.60 Å². The van der Waals surface area contributed by atoms with Crippen molar-refractivity contribution in [2.75, 3.05) is 0 Å². The van der Waals surface area contributed by atoms with E-state index in [0.717, 1.165) is 0 Å². The molecule has 0 aromatic heterocycles. The van der Waals surface area contributed by atoms with Gasteiger partial charge in [0.05, 0.1) is 11.8 Å². The fraction of sp³-hybridized carbons (Fsp3) is 0.643. The van der Waals surface area contributed by atoms with E-state index in [1.54, 1.807) is 20.8 Å². The topological polar surface area (TPSA) is 105 Å². The van der Waals surface area contributed by atoms with Crippen LogP contribution >= 0.6 is 0 Å². The summed E-state index contributed by atoms with van der Waals surface area (Å²) in [4.78, 5) is 34.9. The fourth-order valence-electron chi connectivity index (χ4n) is 3.02. The zero-order valence-corrected chi connectivity index (χ0v) is 12.3. The number of carboxylic acids is 1. The summed E-state index contributed by atoms with van der Waals surface area (Å²) in [7, 11) is 0. The van der Waals surface area contributed by atoms with Crippen LogP contribution in [0.2, 0.25) is 0 Å². The summed E-state index contributed by atoms with van der Waals surface area (Å²) in [6, 6.07) is 0. The summed E-state index contributed by atoms with van der Waals surface area (Å²) < 4.78 is 4.99. The number of nitrogens with one attached hydrogen (secondary N) is 2. The van der Waals surface area contributed by atoms with Gasteiger partial charge in [-0.2, -0.15) is 0 Å². The molecule has 0 aromatic carbocycles. The Bertz CT molecular complexity index is 494. The van der Waals surface area contributed by atoms with Crippen molar-refractivity contribution >= 4 is 18.0 Å². The van der Waals surface area contributed by atoms with E-state index in [4.69, 9.17) is 4.74 Å². The minimum atomic E-state index is -0.982. The summed E-state index contributed by atoms with van der Waals surface area (Å²) in [6.07, 6.45) is 3.62. The maximum Gasteiger partial charge on any atom is 0.426 e. The molecule has 7 heteroatoms. The molecule has 0 heterocycles. The van der Waals surface area contributed by atoms with E-state index in [-0.39, 0.29) is 11.8 Å². The van der Waals surface area contributed by atoms with Crippen LogP contribution in [0.15, 0.2) is 12.2 Å². The van der Waals surface area contributed by atoms with Gasteiger partial charge in [0.15, 0.2) is 0 Å². The Balaban J connectivity index is 1.93. The lowest BCUT2D eigenvalue weighted by atomic mass is 9.82. The first kappa shape index (κ1) is 15.3. The number of hydrazine groups is 1. The lowest BCUT2D eigenvalue weighted by molar-refractivity contribution is -0.148. The number of hydrogen-bond donors (Lipinski definition) is 3. The Labute approximate surface area is 122 Å². The molecule has 2 rings (SSSR count). The first-order valence-electron chi connectivity index (χ1n) is 6.89. The van der Waals surface area contributed by atoms with Gasteiger partial charge in [-0.05, 0) is 39.0 Å². The van der Waals surface area contributed by atoms with E-state index in [0.29, 0.717) is 6.42 Å². The van der Waals surface area contributed by atoms with Gasteiger partial charge in [0, 0.05) is 0 Å². The molecular weight excluding hydrogens is 276 g/mol. The van der Waals surface area contributed by atoms with E-state index in [1.165, 1.54) is 0 Å². The van der Waals surface area contributed by atoms with E-state index < -0.39 is 35.4 Å². The summed E-state index contributed by atoms with van der Waals surface area (Å²) in [5, 5.41) is 9.26. The highest BCUT2D eigenvalue weighted by Crippen LogP contribution is 2.48. The highest BCUT2D eigenvalue weighted by atomic mass is 16.6. The summed E-state index contributed by atoms with van der Waals surface area (Å²) in [5.41, 5.74) is 3.74. The monoisotopic (exact) mass is 296 g/mol. The van der Waals surface area contributed by atoms with Crippen molar-refractivity contribution in [3.8, 4) is 0 Å². The van der Waals surface area contributed by atoms with Gasteiger partial charge in [-0.3, -0.25) is 15.0 Å². The SMILES string of the molecule is CC(C)(C)OC(=O)NNC(=O)[C@@H]1[C@H](C(=O)O)[C@H]2C=C[C@H]1C2. The standard InChI is InChI=1S/C14H20N2O5/c1-14(2,3)21-13(20)16-15-11(17)9-7-4-5-8(6-7)10(9)12(18)19/h4-5,7-10H,6H2,1-3H3,(H,15,17)(H,16,20)(H,18,19)/t7-,8-,9-,10+/m0/s1. The molecule has 0 aliphatic heterocycles. The van der Waals surface area contributed by atoms with Crippen molar-refractivity contribution in [3.63, 3.8) is 0 Å². The van der Waals surface area contributed by atoms with Crippen LogP contribution in [0.4, 0.5) is 4.79 Å². The second-order valence-corrected chi connectivity index (χ2v) is 6.45. The van der Waals surface area contributed by atoms with Gasteiger partial charge in [0.25, 0.3) is 0 Å². The lowest BCUT2D eigenvalue weighted by Crippen LogP contribution is -2.49. The van der Waals surface area contributed by atoms with Crippen LogP contribution in [0.1, 0.15) is 27.2 Å². The van der Waals surface area contributed by atoms with Gasteiger partial charge in [-0.1, -0.05) is 12.2 Å². The maximum atomic E-state index is 12.1. The highest BCUT2D eigenvalue weighted by Gasteiger charge is 2.51. The number of aliphatic carboxylic acids is 1. The molecule has 0 unspecified atom stereocenters. The predicted molar refractivity (Wildman–Crippen MR) is 72.9 cm³/mol. The minimum absolute atomic E-state index is 0.0865. The van der Waals surface area contributed by atoms with E-state index in [9.17, 15) is 19.5 Å². The van der Waals surface area contributed by atoms with Gasteiger partial charge in [-0.15, -0.1) is 0 Å². The van der Waals surface area contributed by atoms with Crippen LogP contribution in [-0.2, 0) is 14.3 Å². The molecule has 2 amide bonds. The van der Waals surface area contributed by atoms with Crippen molar-refractivity contribution in [1.29, 1.82) is 0 Å². The van der Waals surface area contributed by atoms with Crippen LogP contribution in [0.25, 0.3) is 0 Å².